The molecular formula is C14H21N7. The van der Waals surface area contributed by atoms with Crippen LogP contribution in [-0.2, 0) is 0 Å². The Balaban J connectivity index is 1.99. The minimum atomic E-state index is 0.525. The topological polar surface area (TPSA) is 71.8 Å². The molecule has 1 fully saturated rings. The number of hydrogen-bond acceptors (Lipinski definition) is 6. The Morgan fingerprint density at radius 1 is 1.24 bits per heavy atom. The van der Waals surface area contributed by atoms with Crippen molar-refractivity contribution in [2.45, 2.75) is 39.2 Å². The van der Waals surface area contributed by atoms with Gasteiger partial charge in [0.05, 0.1) is 0 Å². The molecule has 3 heterocycles. The Morgan fingerprint density at radius 2 is 2.10 bits per heavy atom. The molecule has 1 atom stereocenters. The highest BCUT2D eigenvalue weighted by Crippen LogP contribution is 2.25. The molecule has 0 spiro atoms. The smallest absolute Gasteiger partial charge is 0.241 e. The van der Waals surface area contributed by atoms with E-state index in [1.807, 2.05) is 17.7 Å². The van der Waals surface area contributed by atoms with E-state index in [9.17, 15) is 0 Å². The second-order valence-corrected chi connectivity index (χ2v) is 5.16. The number of rotatable bonds is 5. The minimum absolute atomic E-state index is 0.525. The summed E-state index contributed by atoms with van der Waals surface area (Å²) in [5.74, 6) is 1.98. The Bertz CT molecular complexity index is 581. The summed E-state index contributed by atoms with van der Waals surface area (Å²) in [6.45, 7) is 6.04. The van der Waals surface area contributed by atoms with Crippen molar-refractivity contribution in [2.24, 2.45) is 0 Å². The number of imidazole rings is 1. The fourth-order valence-corrected chi connectivity index (χ4v) is 2.74. The zero-order chi connectivity index (χ0) is 14.7. The van der Waals surface area contributed by atoms with E-state index in [1.54, 1.807) is 12.5 Å². The van der Waals surface area contributed by atoms with Gasteiger partial charge < -0.3 is 10.2 Å². The van der Waals surface area contributed by atoms with Gasteiger partial charge in [0.2, 0.25) is 17.8 Å². The maximum absolute atomic E-state index is 4.62. The third-order valence-electron chi connectivity index (χ3n) is 3.79. The van der Waals surface area contributed by atoms with E-state index in [0.29, 0.717) is 17.9 Å². The van der Waals surface area contributed by atoms with E-state index >= 15 is 0 Å². The highest BCUT2D eigenvalue weighted by molar-refractivity contribution is 5.42. The quantitative estimate of drug-likeness (QED) is 0.905. The van der Waals surface area contributed by atoms with Gasteiger partial charge in [-0.15, -0.1) is 0 Å². The highest BCUT2D eigenvalue weighted by Gasteiger charge is 2.26. The number of nitrogens with one attached hydrogen (secondary N) is 1. The summed E-state index contributed by atoms with van der Waals surface area (Å²) in [5.41, 5.74) is 0. The van der Waals surface area contributed by atoms with Crippen LogP contribution in [0.25, 0.3) is 5.95 Å². The Hall–Kier alpha value is -2.18. The molecule has 112 valence electrons. The van der Waals surface area contributed by atoms with Gasteiger partial charge in [0.25, 0.3) is 0 Å². The van der Waals surface area contributed by atoms with Gasteiger partial charge in [-0.25, -0.2) is 4.98 Å². The van der Waals surface area contributed by atoms with Crippen molar-refractivity contribution >= 4 is 11.9 Å². The summed E-state index contributed by atoms with van der Waals surface area (Å²) in [6.07, 6.45) is 8.79. The summed E-state index contributed by atoms with van der Waals surface area (Å²) in [6, 6.07) is 0.525. The molecule has 0 aromatic carbocycles. The number of nitrogens with zero attached hydrogens (tertiary/aromatic N) is 6. The molecule has 1 saturated heterocycles. The SMILES string of the molecule is CCNc1nc(N2CCCC2CC)nc(-n2ccnc2)n1. The zero-order valence-electron chi connectivity index (χ0n) is 12.5. The van der Waals surface area contributed by atoms with Crippen LogP contribution in [0, 0.1) is 0 Å². The second kappa shape index (κ2) is 6.07. The van der Waals surface area contributed by atoms with Gasteiger partial charge in [-0.3, -0.25) is 4.57 Å². The molecule has 1 N–H and O–H groups in total. The van der Waals surface area contributed by atoms with Crippen molar-refractivity contribution in [1.82, 2.24) is 24.5 Å². The van der Waals surface area contributed by atoms with Crippen molar-refractivity contribution in [3.8, 4) is 5.95 Å². The summed E-state index contributed by atoms with van der Waals surface area (Å²) < 4.78 is 1.81. The van der Waals surface area contributed by atoms with Gasteiger partial charge in [-0.1, -0.05) is 6.92 Å². The molecule has 1 aliphatic heterocycles. The molecule has 0 amide bonds. The van der Waals surface area contributed by atoms with Crippen molar-refractivity contribution in [3.63, 3.8) is 0 Å². The van der Waals surface area contributed by atoms with E-state index in [0.717, 1.165) is 25.5 Å². The maximum atomic E-state index is 4.62. The van der Waals surface area contributed by atoms with Gasteiger partial charge in [0, 0.05) is 31.5 Å². The molecule has 0 aliphatic carbocycles. The maximum Gasteiger partial charge on any atom is 0.241 e. The van der Waals surface area contributed by atoms with Crippen LogP contribution in [0.2, 0.25) is 0 Å². The summed E-state index contributed by atoms with van der Waals surface area (Å²) >= 11 is 0. The fraction of sp³-hybridized carbons (Fsp3) is 0.571. The van der Waals surface area contributed by atoms with Crippen LogP contribution in [-0.4, -0.2) is 43.6 Å². The molecule has 7 heteroatoms. The molecule has 2 aromatic rings. The van der Waals surface area contributed by atoms with Crippen molar-refractivity contribution < 1.29 is 0 Å². The largest absolute Gasteiger partial charge is 0.354 e. The average Bonchev–Trinajstić information content (AvgIpc) is 3.18. The van der Waals surface area contributed by atoms with E-state index in [4.69, 9.17) is 0 Å². The molecule has 0 bridgehead atoms. The summed E-state index contributed by atoms with van der Waals surface area (Å²) in [4.78, 5) is 20.0. The summed E-state index contributed by atoms with van der Waals surface area (Å²) in [5, 5.41) is 3.18. The molecule has 1 unspecified atom stereocenters. The van der Waals surface area contributed by atoms with Gasteiger partial charge in [-0.05, 0) is 26.2 Å². The van der Waals surface area contributed by atoms with Crippen LogP contribution in [0.15, 0.2) is 18.7 Å². The minimum Gasteiger partial charge on any atom is -0.354 e. The van der Waals surface area contributed by atoms with Crippen molar-refractivity contribution in [2.75, 3.05) is 23.3 Å². The van der Waals surface area contributed by atoms with E-state index in [-0.39, 0.29) is 0 Å². The molecule has 1 aliphatic rings. The van der Waals surface area contributed by atoms with Gasteiger partial charge in [-0.2, -0.15) is 15.0 Å². The first kappa shape index (κ1) is 13.8. The lowest BCUT2D eigenvalue weighted by molar-refractivity contribution is 0.632. The first-order chi connectivity index (χ1) is 10.3. The van der Waals surface area contributed by atoms with Crippen molar-refractivity contribution in [1.29, 1.82) is 0 Å². The third kappa shape index (κ3) is 2.81. The number of aromatic nitrogens is 5. The molecule has 0 radical (unpaired) electrons. The van der Waals surface area contributed by atoms with Crippen LogP contribution in [0.4, 0.5) is 11.9 Å². The van der Waals surface area contributed by atoms with Crippen LogP contribution in [0.3, 0.4) is 0 Å². The highest BCUT2D eigenvalue weighted by atomic mass is 15.4. The summed E-state index contributed by atoms with van der Waals surface area (Å²) in [7, 11) is 0. The lowest BCUT2D eigenvalue weighted by atomic mass is 10.2. The lowest BCUT2D eigenvalue weighted by Gasteiger charge is -2.24. The first-order valence-corrected chi connectivity index (χ1v) is 7.56. The number of anilines is 2. The van der Waals surface area contributed by atoms with Crippen LogP contribution in [0.5, 0.6) is 0 Å². The van der Waals surface area contributed by atoms with Gasteiger partial charge >= 0.3 is 0 Å². The van der Waals surface area contributed by atoms with E-state index in [2.05, 4.69) is 37.1 Å². The van der Waals surface area contributed by atoms with Crippen LogP contribution in [0.1, 0.15) is 33.1 Å². The molecule has 2 aromatic heterocycles. The molecule has 21 heavy (non-hydrogen) atoms. The molecule has 7 nitrogen and oxygen atoms in total. The Morgan fingerprint density at radius 3 is 2.81 bits per heavy atom. The third-order valence-corrected chi connectivity index (χ3v) is 3.79. The fourth-order valence-electron chi connectivity index (χ4n) is 2.74. The molecule has 0 saturated carbocycles. The monoisotopic (exact) mass is 287 g/mol. The van der Waals surface area contributed by atoms with Gasteiger partial charge in [0.1, 0.15) is 6.33 Å². The van der Waals surface area contributed by atoms with Crippen LogP contribution >= 0.6 is 0 Å². The van der Waals surface area contributed by atoms with Gasteiger partial charge in [0.15, 0.2) is 0 Å². The Labute approximate surface area is 124 Å². The number of hydrogen-bond donors (Lipinski definition) is 1. The van der Waals surface area contributed by atoms with Crippen LogP contribution < -0.4 is 10.2 Å². The standard InChI is InChI=1S/C14H21N7/c1-3-11-6-5-8-21(11)14-18-12(16-4-2)17-13(19-14)20-9-7-15-10-20/h7,9-11H,3-6,8H2,1-2H3,(H,16,17,18,19). The molecular weight excluding hydrogens is 266 g/mol. The van der Waals surface area contributed by atoms with E-state index < -0.39 is 0 Å². The first-order valence-electron chi connectivity index (χ1n) is 7.56. The predicted octanol–water partition coefficient (Wildman–Crippen LogP) is 1.87. The van der Waals surface area contributed by atoms with E-state index in [1.165, 1.54) is 12.8 Å². The molecule has 3 rings (SSSR count). The zero-order valence-corrected chi connectivity index (χ0v) is 12.5. The average molecular weight is 287 g/mol. The second-order valence-electron chi connectivity index (χ2n) is 5.16. The normalized spacial score (nSPS) is 18.2. The Kier molecular flexibility index (Phi) is 3.98. The predicted molar refractivity (Wildman–Crippen MR) is 81.8 cm³/mol. The van der Waals surface area contributed by atoms with Crippen molar-refractivity contribution in [3.05, 3.63) is 18.7 Å². The lowest BCUT2D eigenvalue weighted by Crippen LogP contribution is -2.31.